The van der Waals surface area contributed by atoms with Crippen LogP contribution in [0.5, 0.6) is 0 Å². The van der Waals surface area contributed by atoms with Crippen molar-refractivity contribution in [3.05, 3.63) is 129 Å². The molecule has 3 aromatic rings. The van der Waals surface area contributed by atoms with Crippen molar-refractivity contribution >= 4 is 11.3 Å². The molecule has 0 N–H and O–H groups in total. The van der Waals surface area contributed by atoms with Gasteiger partial charge in [0.1, 0.15) is 0 Å². The van der Waals surface area contributed by atoms with Gasteiger partial charge in [-0.05, 0) is 104 Å². The molecule has 0 saturated heterocycles. The molecule has 3 aliphatic rings. The molecule has 182 valence electrons. The van der Waals surface area contributed by atoms with E-state index < -0.39 is 0 Å². The minimum absolute atomic E-state index is 0.973. The number of allylic oxidation sites excluding steroid dienone is 4. The summed E-state index contributed by atoms with van der Waals surface area (Å²) in [5.74, 6) is 0. The molecule has 0 fully saturated rings. The van der Waals surface area contributed by atoms with Crippen molar-refractivity contribution < 1.29 is 0 Å². The maximum absolute atomic E-state index is 2.57. The van der Waals surface area contributed by atoms with Gasteiger partial charge >= 0.3 is 0 Å². The first-order chi connectivity index (χ1) is 17.5. The number of aryl methyl sites for hydroxylation is 2. The first-order valence-corrected chi connectivity index (χ1v) is 13.3. The summed E-state index contributed by atoms with van der Waals surface area (Å²) in [4.78, 5) is 4.86. The molecule has 2 heteroatoms. The molecule has 0 saturated carbocycles. The number of nitrogens with zero attached hydrogens (tertiary/aromatic N) is 2. The standard InChI is InChI=1S/C34H36N2/c1-23-10-13-30-27(18-23)22-28-19-24(2)11-14-31(28)34(30)26-12-15-33-29(21-26)20-25-8-5-6-9-32(25)36(33)17-7-16-35(3)4/h5-6,8-11,13-15,18-19,21H,7,12,16-17,20,22H2,1-4H3. The molecule has 0 bridgehead atoms. The molecule has 6 rings (SSSR count). The lowest BCUT2D eigenvalue weighted by molar-refractivity contribution is 0.401. The van der Waals surface area contributed by atoms with Crippen LogP contribution in [-0.4, -0.2) is 32.1 Å². The van der Waals surface area contributed by atoms with Crippen molar-refractivity contribution in [3.8, 4) is 0 Å². The minimum Gasteiger partial charge on any atom is -0.341 e. The highest BCUT2D eigenvalue weighted by Crippen LogP contribution is 2.44. The van der Waals surface area contributed by atoms with Gasteiger partial charge in [-0.25, -0.2) is 0 Å². The molecule has 2 nitrogen and oxygen atoms in total. The second-order valence-electron chi connectivity index (χ2n) is 11.0. The van der Waals surface area contributed by atoms with Crippen LogP contribution in [-0.2, 0) is 12.8 Å². The third kappa shape index (κ3) is 4.14. The van der Waals surface area contributed by atoms with Gasteiger partial charge in [0.05, 0.1) is 0 Å². The van der Waals surface area contributed by atoms with Crippen LogP contribution in [0.2, 0.25) is 0 Å². The predicted octanol–water partition coefficient (Wildman–Crippen LogP) is 7.24. The Morgan fingerprint density at radius 3 is 2.19 bits per heavy atom. The van der Waals surface area contributed by atoms with Crippen molar-refractivity contribution in [2.75, 3.05) is 32.1 Å². The zero-order valence-electron chi connectivity index (χ0n) is 22.1. The quantitative estimate of drug-likeness (QED) is 0.309. The first kappa shape index (κ1) is 23.1. The van der Waals surface area contributed by atoms with E-state index in [-0.39, 0.29) is 0 Å². The average Bonchev–Trinajstić information content (AvgIpc) is 2.86. The zero-order valence-corrected chi connectivity index (χ0v) is 22.1. The lowest BCUT2D eigenvalue weighted by Gasteiger charge is -2.38. The van der Waals surface area contributed by atoms with Crippen molar-refractivity contribution in [1.82, 2.24) is 4.90 Å². The van der Waals surface area contributed by atoms with Gasteiger partial charge in [-0.1, -0.05) is 77.9 Å². The Morgan fingerprint density at radius 2 is 1.50 bits per heavy atom. The van der Waals surface area contributed by atoms with Gasteiger partial charge in [0.15, 0.2) is 0 Å². The minimum atomic E-state index is 0.973. The van der Waals surface area contributed by atoms with Crippen LogP contribution < -0.4 is 4.90 Å². The van der Waals surface area contributed by atoms with Gasteiger partial charge in [-0.15, -0.1) is 0 Å². The molecule has 1 heterocycles. The van der Waals surface area contributed by atoms with Crippen LogP contribution in [0.3, 0.4) is 0 Å². The molecule has 0 radical (unpaired) electrons. The van der Waals surface area contributed by atoms with Crippen LogP contribution >= 0.6 is 0 Å². The van der Waals surface area contributed by atoms with Crippen molar-refractivity contribution in [3.63, 3.8) is 0 Å². The Bertz CT molecular complexity index is 1380. The lowest BCUT2D eigenvalue weighted by atomic mass is 9.77. The van der Waals surface area contributed by atoms with E-state index in [1.54, 1.807) is 0 Å². The van der Waals surface area contributed by atoms with Crippen LogP contribution in [0.4, 0.5) is 5.69 Å². The van der Waals surface area contributed by atoms with E-state index in [4.69, 9.17) is 0 Å². The summed E-state index contributed by atoms with van der Waals surface area (Å²) in [5, 5.41) is 0. The molecule has 0 atom stereocenters. The summed E-state index contributed by atoms with van der Waals surface area (Å²) in [5.41, 5.74) is 17.0. The van der Waals surface area contributed by atoms with Gasteiger partial charge in [0.2, 0.25) is 0 Å². The van der Waals surface area contributed by atoms with Gasteiger partial charge in [0.25, 0.3) is 0 Å². The summed E-state index contributed by atoms with van der Waals surface area (Å²) in [6.07, 6.45) is 9.18. The van der Waals surface area contributed by atoms with Crippen molar-refractivity contribution in [1.29, 1.82) is 0 Å². The Morgan fingerprint density at radius 1 is 0.806 bits per heavy atom. The van der Waals surface area contributed by atoms with Crippen LogP contribution in [0.15, 0.2) is 89.7 Å². The second-order valence-corrected chi connectivity index (χ2v) is 11.0. The van der Waals surface area contributed by atoms with Crippen LogP contribution in [0.25, 0.3) is 5.57 Å². The van der Waals surface area contributed by atoms with Crippen molar-refractivity contribution in [2.24, 2.45) is 0 Å². The third-order valence-electron chi connectivity index (χ3n) is 7.90. The number of hydrogen-bond donors (Lipinski definition) is 0. The maximum Gasteiger partial charge on any atom is 0.0446 e. The molecular formula is C34H36N2. The average molecular weight is 473 g/mol. The molecule has 0 unspecified atom stereocenters. The fourth-order valence-corrected chi connectivity index (χ4v) is 6.25. The van der Waals surface area contributed by atoms with E-state index in [0.717, 1.165) is 38.8 Å². The molecule has 1 aliphatic heterocycles. The van der Waals surface area contributed by atoms with E-state index in [2.05, 4.69) is 111 Å². The Hall–Kier alpha value is -3.36. The summed E-state index contributed by atoms with van der Waals surface area (Å²) in [7, 11) is 4.33. The van der Waals surface area contributed by atoms with Gasteiger partial charge in [0, 0.05) is 24.4 Å². The summed E-state index contributed by atoms with van der Waals surface area (Å²) < 4.78 is 0. The van der Waals surface area contributed by atoms with E-state index >= 15 is 0 Å². The fraction of sp³-hybridized carbons (Fsp3) is 0.294. The monoisotopic (exact) mass is 472 g/mol. The third-order valence-corrected chi connectivity index (χ3v) is 7.90. The van der Waals surface area contributed by atoms with Crippen molar-refractivity contribution in [2.45, 2.75) is 39.5 Å². The van der Waals surface area contributed by atoms with Crippen LogP contribution in [0.1, 0.15) is 51.8 Å². The SMILES string of the molecule is Cc1ccc2c(c1)Cc1cc(C)ccc1C2=C1C=C2Cc3ccccc3N(CCCN(C)C)C2=CC1. The molecule has 0 spiro atoms. The molecule has 0 amide bonds. The number of fused-ring (bicyclic) bond motifs is 4. The number of hydrogen-bond acceptors (Lipinski definition) is 2. The summed E-state index contributed by atoms with van der Waals surface area (Å²) in [6.45, 7) is 6.57. The first-order valence-electron chi connectivity index (χ1n) is 13.3. The normalized spacial score (nSPS) is 16.2. The predicted molar refractivity (Wildman–Crippen MR) is 153 cm³/mol. The van der Waals surface area contributed by atoms with Gasteiger partial charge < -0.3 is 9.80 Å². The highest BCUT2D eigenvalue weighted by molar-refractivity contribution is 5.90. The van der Waals surface area contributed by atoms with E-state index in [9.17, 15) is 0 Å². The number of anilines is 1. The van der Waals surface area contributed by atoms with E-state index in [1.165, 1.54) is 67.0 Å². The van der Waals surface area contributed by atoms with Crippen LogP contribution in [0, 0.1) is 13.8 Å². The summed E-state index contributed by atoms with van der Waals surface area (Å²) in [6, 6.07) is 23.0. The highest BCUT2D eigenvalue weighted by Gasteiger charge is 2.29. The lowest BCUT2D eigenvalue weighted by Crippen LogP contribution is -2.32. The highest BCUT2D eigenvalue weighted by atomic mass is 15.2. The van der Waals surface area contributed by atoms with E-state index in [1.807, 2.05) is 0 Å². The Kier molecular flexibility index (Phi) is 5.93. The van der Waals surface area contributed by atoms with Gasteiger partial charge in [-0.2, -0.15) is 0 Å². The smallest absolute Gasteiger partial charge is 0.0446 e. The molecule has 0 aromatic heterocycles. The number of benzene rings is 3. The molecule has 3 aromatic carbocycles. The number of rotatable bonds is 4. The number of para-hydroxylation sites is 1. The summed E-state index contributed by atoms with van der Waals surface area (Å²) >= 11 is 0. The zero-order chi connectivity index (χ0) is 24.8. The van der Waals surface area contributed by atoms with Gasteiger partial charge in [-0.3, -0.25) is 0 Å². The topological polar surface area (TPSA) is 6.48 Å². The fourth-order valence-electron chi connectivity index (χ4n) is 6.25. The second kappa shape index (κ2) is 9.26. The Labute approximate surface area is 216 Å². The van der Waals surface area contributed by atoms with E-state index in [0.29, 0.717) is 0 Å². The maximum atomic E-state index is 2.57. The molecular weight excluding hydrogens is 436 g/mol. The largest absolute Gasteiger partial charge is 0.341 e. The molecule has 36 heavy (non-hydrogen) atoms. The Balaban J connectivity index is 1.46. The molecule has 2 aliphatic carbocycles.